The topological polar surface area (TPSA) is 177 Å². The van der Waals surface area contributed by atoms with Crippen LogP contribution in [0.3, 0.4) is 0 Å². The first-order valence-corrected chi connectivity index (χ1v) is 11.7. The van der Waals surface area contributed by atoms with Crippen LogP contribution in [0.2, 0.25) is 0 Å². The molecule has 1 aromatic carbocycles. The predicted molar refractivity (Wildman–Crippen MR) is 134 cm³/mol. The van der Waals surface area contributed by atoms with Crippen LogP contribution in [-0.4, -0.2) is 70.6 Å². The number of nitrogens with one attached hydrogen (secondary N) is 2. The van der Waals surface area contributed by atoms with E-state index in [1.807, 2.05) is 0 Å². The number of amides is 4. The van der Waals surface area contributed by atoms with Crippen molar-refractivity contribution in [3.8, 4) is 5.75 Å². The minimum Gasteiger partial charge on any atom is -0.508 e. The van der Waals surface area contributed by atoms with Gasteiger partial charge in [0.15, 0.2) is 0 Å². The number of phenolic OH excluding ortho intramolecular Hbond substituents is 1. The number of hydrogen-bond donors (Lipinski definition) is 4. The number of rotatable bonds is 10. The smallest absolute Gasteiger partial charge is 0.408 e. The van der Waals surface area contributed by atoms with E-state index in [0.717, 1.165) is 0 Å². The number of ether oxygens (including phenoxy) is 2. The second-order valence-corrected chi connectivity index (χ2v) is 10.4. The van der Waals surface area contributed by atoms with Gasteiger partial charge in [-0.05, 0) is 65.7 Å². The molecule has 0 saturated carbocycles. The SMILES string of the molecule is COC(=O)CNC(=O)C(c1ccc(O)cc1)N(C(=O)C(CCC(N)=O)NC(=O)OC(C)(C)C)C(C)(C)C. The molecule has 0 saturated heterocycles. The molecule has 1 rings (SSSR count). The van der Waals surface area contributed by atoms with Gasteiger partial charge in [-0.15, -0.1) is 0 Å². The van der Waals surface area contributed by atoms with Crippen LogP contribution in [0.1, 0.15) is 66.0 Å². The predicted octanol–water partition coefficient (Wildman–Crippen LogP) is 1.51. The fraction of sp³-hybridized carbons (Fsp3) is 0.560. The van der Waals surface area contributed by atoms with Crippen molar-refractivity contribution < 1.29 is 38.6 Å². The summed E-state index contributed by atoms with van der Waals surface area (Å²) in [6, 6.07) is 3.08. The molecule has 12 heteroatoms. The Morgan fingerprint density at radius 3 is 2.05 bits per heavy atom. The molecule has 0 radical (unpaired) electrons. The lowest BCUT2D eigenvalue weighted by molar-refractivity contribution is -0.149. The molecule has 0 spiro atoms. The van der Waals surface area contributed by atoms with Crippen molar-refractivity contribution in [3.63, 3.8) is 0 Å². The Balaban J connectivity index is 3.54. The molecule has 37 heavy (non-hydrogen) atoms. The Kier molecular flexibility index (Phi) is 10.9. The fourth-order valence-electron chi connectivity index (χ4n) is 3.41. The summed E-state index contributed by atoms with van der Waals surface area (Å²) in [7, 11) is 1.17. The maximum atomic E-state index is 14.0. The number of nitrogens with two attached hydrogens (primary N) is 1. The van der Waals surface area contributed by atoms with Gasteiger partial charge in [-0.1, -0.05) is 12.1 Å². The van der Waals surface area contributed by atoms with E-state index < -0.39 is 59.6 Å². The molecule has 0 heterocycles. The second kappa shape index (κ2) is 12.9. The lowest BCUT2D eigenvalue weighted by atomic mass is 9.94. The van der Waals surface area contributed by atoms with Crippen molar-refractivity contribution in [2.75, 3.05) is 13.7 Å². The molecule has 0 bridgehead atoms. The molecule has 4 amide bonds. The average Bonchev–Trinajstić information content (AvgIpc) is 2.76. The van der Waals surface area contributed by atoms with Crippen molar-refractivity contribution in [3.05, 3.63) is 29.8 Å². The molecule has 0 aromatic heterocycles. The lowest BCUT2D eigenvalue weighted by Gasteiger charge is -2.43. The molecule has 0 aliphatic rings. The zero-order valence-electron chi connectivity index (χ0n) is 22.4. The van der Waals surface area contributed by atoms with Gasteiger partial charge in [0, 0.05) is 12.0 Å². The van der Waals surface area contributed by atoms with Crippen LogP contribution in [0.4, 0.5) is 4.79 Å². The molecule has 0 aliphatic carbocycles. The highest BCUT2D eigenvalue weighted by atomic mass is 16.6. The number of nitrogens with zero attached hydrogens (tertiary/aromatic N) is 1. The molecule has 0 aliphatic heterocycles. The van der Waals surface area contributed by atoms with Crippen LogP contribution >= 0.6 is 0 Å². The molecule has 0 fully saturated rings. The van der Waals surface area contributed by atoms with E-state index >= 15 is 0 Å². The Morgan fingerprint density at radius 1 is 1.03 bits per heavy atom. The van der Waals surface area contributed by atoms with Crippen molar-refractivity contribution in [1.29, 1.82) is 0 Å². The third-order valence-corrected chi connectivity index (χ3v) is 4.98. The number of alkyl carbamates (subject to hydrolysis) is 1. The molecule has 5 N–H and O–H groups in total. The first kappa shape index (κ1) is 31.2. The van der Waals surface area contributed by atoms with Gasteiger partial charge in [-0.3, -0.25) is 19.2 Å². The fourth-order valence-corrected chi connectivity index (χ4v) is 3.41. The van der Waals surface area contributed by atoms with Gasteiger partial charge in [0.1, 0.15) is 30.0 Å². The minimum atomic E-state index is -1.28. The maximum Gasteiger partial charge on any atom is 0.408 e. The van der Waals surface area contributed by atoms with Gasteiger partial charge in [0.25, 0.3) is 0 Å². The highest BCUT2D eigenvalue weighted by Crippen LogP contribution is 2.31. The van der Waals surface area contributed by atoms with Crippen molar-refractivity contribution in [2.24, 2.45) is 5.73 Å². The standard InChI is InChI=1S/C25H38N4O8/c1-24(2,3)29(22(34)17(12-13-18(26)31)28-23(35)37-25(4,5)6)20(15-8-10-16(30)11-9-15)21(33)27-14-19(32)36-7/h8-11,17,20,30H,12-14H2,1-7H3,(H2,26,31)(H,27,33)(H,28,35). The van der Waals surface area contributed by atoms with E-state index in [0.29, 0.717) is 5.56 Å². The van der Waals surface area contributed by atoms with E-state index in [1.54, 1.807) is 41.5 Å². The quantitative estimate of drug-likeness (QED) is 0.334. The second-order valence-electron chi connectivity index (χ2n) is 10.4. The third-order valence-electron chi connectivity index (χ3n) is 4.98. The molecule has 2 atom stereocenters. The summed E-state index contributed by atoms with van der Waals surface area (Å²) in [5.74, 6) is -2.83. The third kappa shape index (κ3) is 10.4. The minimum absolute atomic E-state index is 0.0583. The molecule has 2 unspecified atom stereocenters. The van der Waals surface area contributed by atoms with Crippen molar-refractivity contribution in [1.82, 2.24) is 15.5 Å². The van der Waals surface area contributed by atoms with Gasteiger partial charge in [-0.2, -0.15) is 0 Å². The zero-order valence-corrected chi connectivity index (χ0v) is 22.4. The van der Waals surface area contributed by atoms with Crippen molar-refractivity contribution in [2.45, 2.75) is 77.6 Å². The van der Waals surface area contributed by atoms with Crippen LogP contribution < -0.4 is 16.4 Å². The highest BCUT2D eigenvalue weighted by Gasteiger charge is 2.42. The van der Waals surface area contributed by atoms with Gasteiger partial charge in [0.05, 0.1) is 7.11 Å². The van der Waals surface area contributed by atoms with Crippen LogP contribution in [0.15, 0.2) is 24.3 Å². The largest absolute Gasteiger partial charge is 0.508 e. The van der Waals surface area contributed by atoms with Crippen molar-refractivity contribution >= 4 is 29.8 Å². The monoisotopic (exact) mass is 522 g/mol. The number of esters is 1. The van der Waals surface area contributed by atoms with Gasteiger partial charge in [0.2, 0.25) is 17.7 Å². The first-order valence-electron chi connectivity index (χ1n) is 11.7. The summed E-state index contributed by atoms with van der Waals surface area (Å²) >= 11 is 0. The van der Waals surface area contributed by atoms with E-state index in [1.165, 1.54) is 36.3 Å². The zero-order chi connectivity index (χ0) is 28.6. The summed E-state index contributed by atoms with van der Waals surface area (Å²) in [6.07, 6.45) is -1.25. The summed E-state index contributed by atoms with van der Waals surface area (Å²) in [6.45, 7) is 9.57. The Morgan fingerprint density at radius 2 is 1.59 bits per heavy atom. The Labute approximate surface area is 216 Å². The van der Waals surface area contributed by atoms with E-state index in [2.05, 4.69) is 15.4 Å². The number of primary amides is 1. The van der Waals surface area contributed by atoms with Crippen LogP contribution in [0, 0.1) is 0 Å². The van der Waals surface area contributed by atoms with Gasteiger partial charge < -0.3 is 35.8 Å². The normalized spacial score (nSPS) is 13.1. The summed E-state index contributed by atoms with van der Waals surface area (Å²) in [4.78, 5) is 64.3. The first-order chi connectivity index (χ1) is 17.0. The molecule has 206 valence electrons. The number of carbonyl (C=O) groups excluding carboxylic acids is 5. The molecular formula is C25H38N4O8. The van der Waals surface area contributed by atoms with Crippen LogP contribution in [0.25, 0.3) is 0 Å². The molecule has 1 aromatic rings. The number of methoxy groups -OCH3 is 1. The molecule has 12 nitrogen and oxygen atoms in total. The summed E-state index contributed by atoms with van der Waals surface area (Å²) in [5, 5.41) is 14.7. The molecular weight excluding hydrogens is 484 g/mol. The van der Waals surface area contributed by atoms with Gasteiger partial charge >= 0.3 is 12.1 Å². The number of phenols is 1. The number of benzene rings is 1. The Bertz CT molecular complexity index is 980. The van der Waals surface area contributed by atoms with E-state index in [4.69, 9.17) is 10.5 Å². The lowest BCUT2D eigenvalue weighted by Crippen LogP contribution is -2.59. The summed E-state index contributed by atoms with van der Waals surface area (Å²) < 4.78 is 9.86. The average molecular weight is 523 g/mol. The highest BCUT2D eigenvalue weighted by molar-refractivity contribution is 5.94. The van der Waals surface area contributed by atoms with E-state index in [-0.39, 0.29) is 18.6 Å². The number of hydrogen-bond acceptors (Lipinski definition) is 8. The Hall–Kier alpha value is -3.83. The van der Waals surface area contributed by atoms with Crippen LogP contribution in [-0.2, 0) is 28.7 Å². The van der Waals surface area contributed by atoms with E-state index in [9.17, 15) is 29.1 Å². The number of aromatic hydroxyl groups is 1. The van der Waals surface area contributed by atoms with Gasteiger partial charge in [-0.25, -0.2) is 4.79 Å². The summed E-state index contributed by atoms with van der Waals surface area (Å²) in [5.41, 5.74) is 3.77. The number of carbonyl (C=O) groups is 5. The maximum absolute atomic E-state index is 14.0. The van der Waals surface area contributed by atoms with Crippen LogP contribution in [0.5, 0.6) is 5.75 Å².